The summed E-state index contributed by atoms with van der Waals surface area (Å²) < 4.78 is 5.80. The fraction of sp³-hybridized carbons (Fsp3) is 1.00. The Labute approximate surface area is 111 Å². The topological polar surface area (TPSA) is 61.7 Å². The van der Waals surface area contributed by atoms with Gasteiger partial charge in [-0.15, -0.1) is 0 Å². The van der Waals surface area contributed by atoms with E-state index in [1.165, 1.54) is 19.3 Å². The van der Waals surface area contributed by atoms with E-state index in [9.17, 15) is 5.11 Å². The molecule has 0 radical (unpaired) electrons. The Hall–Kier alpha value is -0.160. The van der Waals surface area contributed by atoms with Gasteiger partial charge in [0.15, 0.2) is 0 Å². The normalized spacial score (nSPS) is 28.0. The molecule has 108 valence electrons. The lowest BCUT2D eigenvalue weighted by Gasteiger charge is -2.29. The molecule has 3 N–H and O–H groups in total. The number of aliphatic hydroxyl groups is 2. The van der Waals surface area contributed by atoms with Crippen LogP contribution in [0.3, 0.4) is 0 Å². The van der Waals surface area contributed by atoms with Crippen LogP contribution in [0.25, 0.3) is 0 Å². The van der Waals surface area contributed by atoms with Gasteiger partial charge in [-0.1, -0.05) is 26.7 Å². The minimum Gasteiger partial charge on any atom is -0.395 e. The van der Waals surface area contributed by atoms with Crippen LogP contribution in [-0.4, -0.2) is 48.2 Å². The van der Waals surface area contributed by atoms with Gasteiger partial charge in [0, 0.05) is 12.6 Å². The number of hydrogen-bond donors (Lipinski definition) is 3. The van der Waals surface area contributed by atoms with Gasteiger partial charge in [0.2, 0.25) is 0 Å². The van der Waals surface area contributed by atoms with E-state index in [2.05, 4.69) is 12.2 Å². The maximum absolute atomic E-state index is 9.84. The first-order chi connectivity index (χ1) is 8.67. The van der Waals surface area contributed by atoms with Crippen LogP contribution >= 0.6 is 0 Å². The van der Waals surface area contributed by atoms with Gasteiger partial charge in [0.1, 0.15) is 0 Å². The summed E-state index contributed by atoms with van der Waals surface area (Å²) in [5, 5.41) is 22.0. The van der Waals surface area contributed by atoms with Crippen molar-refractivity contribution >= 4 is 0 Å². The highest BCUT2D eigenvalue weighted by Crippen LogP contribution is 2.26. The van der Waals surface area contributed by atoms with Crippen LogP contribution in [0.15, 0.2) is 0 Å². The van der Waals surface area contributed by atoms with Crippen molar-refractivity contribution in [2.45, 2.75) is 64.2 Å². The first-order valence-electron chi connectivity index (χ1n) is 7.31. The van der Waals surface area contributed by atoms with Crippen molar-refractivity contribution in [3.05, 3.63) is 0 Å². The molecule has 1 rings (SSSR count). The maximum Gasteiger partial charge on any atom is 0.0897 e. The van der Waals surface area contributed by atoms with Crippen molar-refractivity contribution in [2.24, 2.45) is 5.92 Å². The molecule has 0 spiro atoms. The molecule has 0 amide bonds. The highest BCUT2D eigenvalue weighted by atomic mass is 16.5. The van der Waals surface area contributed by atoms with Crippen molar-refractivity contribution < 1.29 is 14.9 Å². The van der Waals surface area contributed by atoms with Crippen LogP contribution < -0.4 is 5.32 Å². The van der Waals surface area contributed by atoms with Gasteiger partial charge in [-0.05, 0) is 25.2 Å². The van der Waals surface area contributed by atoms with E-state index < -0.39 is 6.10 Å². The lowest BCUT2D eigenvalue weighted by molar-refractivity contribution is -0.0459. The van der Waals surface area contributed by atoms with E-state index in [1.54, 1.807) is 0 Å². The Kier molecular flexibility index (Phi) is 7.82. The molecular formula is C14H29NO3. The summed E-state index contributed by atoms with van der Waals surface area (Å²) >= 11 is 0. The van der Waals surface area contributed by atoms with E-state index in [0.29, 0.717) is 25.2 Å². The average Bonchev–Trinajstić information content (AvgIpc) is 2.39. The third-order valence-electron chi connectivity index (χ3n) is 3.89. The van der Waals surface area contributed by atoms with Crippen LogP contribution in [0.1, 0.15) is 46.0 Å². The monoisotopic (exact) mass is 259 g/mol. The van der Waals surface area contributed by atoms with Gasteiger partial charge >= 0.3 is 0 Å². The van der Waals surface area contributed by atoms with Gasteiger partial charge in [-0.25, -0.2) is 0 Å². The van der Waals surface area contributed by atoms with E-state index in [4.69, 9.17) is 9.84 Å². The van der Waals surface area contributed by atoms with Gasteiger partial charge in [0.05, 0.1) is 25.4 Å². The Morgan fingerprint density at radius 3 is 2.67 bits per heavy atom. The van der Waals surface area contributed by atoms with Crippen LogP contribution in [-0.2, 0) is 4.74 Å². The molecule has 0 aromatic heterocycles. The third kappa shape index (κ3) is 5.65. The molecule has 4 unspecified atom stereocenters. The Morgan fingerprint density at radius 1 is 1.33 bits per heavy atom. The lowest BCUT2D eigenvalue weighted by Crippen LogP contribution is -2.40. The van der Waals surface area contributed by atoms with E-state index in [-0.39, 0.29) is 12.6 Å². The smallest absolute Gasteiger partial charge is 0.0897 e. The minimum absolute atomic E-state index is 0.0771. The Bertz CT molecular complexity index is 209. The largest absolute Gasteiger partial charge is 0.395 e. The molecule has 4 heteroatoms. The number of rotatable bonds is 8. The molecule has 0 aromatic rings. The Balaban J connectivity index is 2.13. The second kappa shape index (κ2) is 8.86. The molecule has 0 aromatic carbocycles. The average molecular weight is 259 g/mol. The highest BCUT2D eigenvalue weighted by Gasteiger charge is 2.22. The zero-order valence-electron chi connectivity index (χ0n) is 11.8. The van der Waals surface area contributed by atoms with Gasteiger partial charge in [0.25, 0.3) is 0 Å². The van der Waals surface area contributed by atoms with E-state index in [1.807, 2.05) is 6.92 Å². The molecule has 4 nitrogen and oxygen atoms in total. The van der Waals surface area contributed by atoms with Crippen molar-refractivity contribution in [3.8, 4) is 0 Å². The van der Waals surface area contributed by atoms with Crippen LogP contribution in [0.4, 0.5) is 0 Å². The quantitative estimate of drug-likeness (QED) is 0.615. The minimum atomic E-state index is -0.486. The summed E-state index contributed by atoms with van der Waals surface area (Å²) in [5.74, 6) is 0.611. The van der Waals surface area contributed by atoms with Crippen molar-refractivity contribution in [1.82, 2.24) is 5.32 Å². The molecule has 0 heterocycles. The van der Waals surface area contributed by atoms with E-state index >= 15 is 0 Å². The molecule has 0 aliphatic heterocycles. The molecule has 4 atom stereocenters. The van der Waals surface area contributed by atoms with Crippen LogP contribution in [0, 0.1) is 5.92 Å². The molecule has 0 saturated heterocycles. The number of ether oxygens (including phenoxy) is 1. The predicted molar refractivity (Wildman–Crippen MR) is 72.5 cm³/mol. The zero-order valence-corrected chi connectivity index (χ0v) is 11.8. The van der Waals surface area contributed by atoms with Crippen molar-refractivity contribution in [2.75, 3.05) is 19.8 Å². The standard InChI is InChI=1S/C14H29NO3/c1-3-12(9-16)15-8-13(17)10-18-14-7-5-4-6-11(14)2/h11-17H,3-10H2,1-2H3. The fourth-order valence-electron chi connectivity index (χ4n) is 2.46. The first kappa shape index (κ1) is 15.9. The molecule has 1 fully saturated rings. The molecule has 18 heavy (non-hydrogen) atoms. The fourth-order valence-corrected chi connectivity index (χ4v) is 2.46. The molecule has 1 aliphatic carbocycles. The van der Waals surface area contributed by atoms with Gasteiger partial charge in [-0.2, -0.15) is 0 Å². The van der Waals surface area contributed by atoms with Gasteiger partial charge in [-0.3, -0.25) is 0 Å². The maximum atomic E-state index is 9.84. The highest BCUT2D eigenvalue weighted by molar-refractivity contribution is 4.73. The summed E-state index contributed by atoms with van der Waals surface area (Å²) in [7, 11) is 0. The zero-order chi connectivity index (χ0) is 13.4. The molecular weight excluding hydrogens is 230 g/mol. The second-order valence-electron chi connectivity index (χ2n) is 5.48. The number of hydrogen-bond acceptors (Lipinski definition) is 4. The summed E-state index contributed by atoms with van der Waals surface area (Å²) in [6.07, 6.45) is 5.60. The summed E-state index contributed by atoms with van der Waals surface area (Å²) in [4.78, 5) is 0. The van der Waals surface area contributed by atoms with Crippen LogP contribution in [0.2, 0.25) is 0 Å². The summed E-state index contributed by atoms with van der Waals surface area (Å²) in [6, 6.07) is 0.0771. The van der Waals surface area contributed by atoms with Crippen LogP contribution in [0.5, 0.6) is 0 Å². The van der Waals surface area contributed by atoms with E-state index in [0.717, 1.165) is 12.8 Å². The summed E-state index contributed by atoms with van der Waals surface area (Å²) in [5.41, 5.74) is 0. The van der Waals surface area contributed by atoms with Crippen molar-refractivity contribution in [1.29, 1.82) is 0 Å². The molecule has 1 saturated carbocycles. The number of nitrogens with one attached hydrogen (secondary N) is 1. The first-order valence-corrected chi connectivity index (χ1v) is 7.31. The Morgan fingerprint density at radius 2 is 2.06 bits per heavy atom. The third-order valence-corrected chi connectivity index (χ3v) is 3.89. The van der Waals surface area contributed by atoms with Gasteiger partial charge < -0.3 is 20.3 Å². The van der Waals surface area contributed by atoms with Crippen molar-refractivity contribution in [3.63, 3.8) is 0 Å². The second-order valence-corrected chi connectivity index (χ2v) is 5.48. The lowest BCUT2D eigenvalue weighted by atomic mass is 9.88. The molecule has 0 bridgehead atoms. The molecule has 1 aliphatic rings. The SMILES string of the molecule is CCC(CO)NCC(O)COC1CCCCC1C. The number of aliphatic hydroxyl groups excluding tert-OH is 2. The predicted octanol–water partition coefficient (Wildman–Crippen LogP) is 1.30. The summed E-state index contributed by atoms with van der Waals surface area (Å²) in [6.45, 7) is 5.24.